The minimum absolute atomic E-state index is 0.00765. The summed E-state index contributed by atoms with van der Waals surface area (Å²) in [7, 11) is -3.32. The Hall–Kier alpha value is -2.09. The van der Waals surface area contributed by atoms with E-state index < -0.39 is 21.4 Å². The summed E-state index contributed by atoms with van der Waals surface area (Å²) in [6.07, 6.45) is 1.70. The fraction of sp³-hybridized carbons (Fsp3) is 0.467. The van der Waals surface area contributed by atoms with E-state index in [2.05, 4.69) is 5.32 Å². The number of nitrogens with zero attached hydrogens (tertiary/aromatic N) is 1. The molecule has 1 amide bonds. The molecule has 1 aromatic rings. The lowest BCUT2D eigenvalue weighted by Gasteiger charge is -2.20. The number of anilines is 1. The van der Waals surface area contributed by atoms with Gasteiger partial charge < -0.3 is 10.4 Å². The molecule has 0 unspecified atom stereocenters. The second kappa shape index (κ2) is 5.84. The topological polar surface area (TPSA) is 104 Å². The number of carbonyl (C=O) groups excluding carboxylic acids is 1. The molecule has 0 spiro atoms. The highest BCUT2D eigenvalue weighted by Gasteiger charge is 2.29. The average Bonchev–Trinajstić information content (AvgIpc) is 2.87. The van der Waals surface area contributed by atoms with Gasteiger partial charge in [0.2, 0.25) is 10.0 Å². The Bertz CT molecular complexity index is 755. The third kappa shape index (κ3) is 3.64. The van der Waals surface area contributed by atoms with Crippen molar-refractivity contribution in [1.82, 2.24) is 5.32 Å². The lowest BCUT2D eigenvalue weighted by molar-refractivity contribution is -0.146. The van der Waals surface area contributed by atoms with Gasteiger partial charge >= 0.3 is 5.97 Å². The van der Waals surface area contributed by atoms with Crippen molar-refractivity contribution in [3.63, 3.8) is 0 Å². The summed E-state index contributed by atoms with van der Waals surface area (Å²) < 4.78 is 24.7. The number of benzene rings is 1. The van der Waals surface area contributed by atoms with Crippen LogP contribution in [0.3, 0.4) is 0 Å². The summed E-state index contributed by atoms with van der Waals surface area (Å²) in [5.74, 6) is -1.37. The van der Waals surface area contributed by atoms with Crippen LogP contribution in [0.5, 0.6) is 0 Å². The molecule has 2 N–H and O–H groups in total. The molecule has 0 atom stereocenters. The minimum atomic E-state index is -3.32. The molecule has 1 aromatic carbocycles. The molecule has 0 saturated carbocycles. The highest BCUT2D eigenvalue weighted by molar-refractivity contribution is 7.92. The molecule has 1 aliphatic heterocycles. The summed E-state index contributed by atoms with van der Waals surface area (Å²) in [4.78, 5) is 23.2. The number of nitrogens with one attached hydrogen (secondary N) is 1. The normalized spacial score (nSPS) is 14.5. The maximum atomic E-state index is 12.2. The Morgan fingerprint density at radius 3 is 2.57 bits per heavy atom. The number of aliphatic carboxylic acids is 1. The lowest BCUT2D eigenvalue weighted by Crippen LogP contribution is -2.38. The van der Waals surface area contributed by atoms with E-state index in [-0.39, 0.29) is 12.5 Å². The maximum absolute atomic E-state index is 12.2. The van der Waals surface area contributed by atoms with Crippen LogP contribution < -0.4 is 9.62 Å². The Morgan fingerprint density at radius 2 is 2.00 bits per heavy atom. The fourth-order valence-corrected chi connectivity index (χ4v) is 3.29. The number of hydrogen-bond acceptors (Lipinski definition) is 4. The molecule has 126 valence electrons. The first-order valence-electron chi connectivity index (χ1n) is 7.14. The number of hydrogen-bond donors (Lipinski definition) is 2. The maximum Gasteiger partial charge on any atom is 0.310 e. The lowest BCUT2D eigenvalue weighted by atomic mass is 9.94. The van der Waals surface area contributed by atoms with Crippen LogP contribution in [-0.4, -0.2) is 44.7 Å². The molecular weight excluding hydrogens is 320 g/mol. The Labute approximate surface area is 135 Å². The SMILES string of the molecule is CC(C)(CNC(=O)c1ccc2c(c1)CCN2S(C)(=O)=O)C(=O)O. The van der Waals surface area contributed by atoms with Crippen molar-refractivity contribution in [1.29, 1.82) is 0 Å². The van der Waals surface area contributed by atoms with Gasteiger partial charge in [0, 0.05) is 18.7 Å². The summed E-state index contributed by atoms with van der Waals surface area (Å²) in [6.45, 7) is 3.43. The second-order valence-electron chi connectivity index (χ2n) is 6.30. The standard InChI is InChI=1S/C15H20N2O5S/c1-15(2,14(19)20)9-16-13(18)11-4-5-12-10(8-11)6-7-17(12)23(3,21)22/h4-5,8H,6-7,9H2,1-3H3,(H,16,18)(H,19,20). The molecule has 0 saturated heterocycles. The molecule has 1 heterocycles. The molecule has 8 heteroatoms. The van der Waals surface area contributed by atoms with E-state index in [9.17, 15) is 18.0 Å². The van der Waals surface area contributed by atoms with Crippen molar-refractivity contribution in [2.24, 2.45) is 5.41 Å². The summed E-state index contributed by atoms with van der Waals surface area (Å²) >= 11 is 0. The van der Waals surface area contributed by atoms with E-state index >= 15 is 0 Å². The van der Waals surface area contributed by atoms with E-state index in [1.54, 1.807) is 18.2 Å². The van der Waals surface area contributed by atoms with E-state index in [0.717, 1.165) is 11.8 Å². The monoisotopic (exact) mass is 340 g/mol. The number of carboxylic acid groups (broad SMARTS) is 1. The van der Waals surface area contributed by atoms with Crippen molar-refractivity contribution in [3.05, 3.63) is 29.3 Å². The van der Waals surface area contributed by atoms with Gasteiger partial charge in [-0.05, 0) is 44.0 Å². The summed E-state index contributed by atoms with van der Waals surface area (Å²) in [5.41, 5.74) is 0.718. The third-order valence-electron chi connectivity index (χ3n) is 3.86. The fourth-order valence-electron chi connectivity index (χ4n) is 2.34. The van der Waals surface area contributed by atoms with Gasteiger partial charge in [-0.25, -0.2) is 8.42 Å². The van der Waals surface area contributed by atoms with Gasteiger partial charge in [-0.3, -0.25) is 13.9 Å². The predicted octanol–water partition coefficient (Wildman–Crippen LogP) is 0.849. The van der Waals surface area contributed by atoms with Crippen molar-refractivity contribution in [2.45, 2.75) is 20.3 Å². The molecule has 0 radical (unpaired) electrons. The molecule has 23 heavy (non-hydrogen) atoms. The smallest absolute Gasteiger partial charge is 0.310 e. The van der Waals surface area contributed by atoms with E-state index in [1.165, 1.54) is 18.2 Å². The van der Waals surface area contributed by atoms with Crippen LogP contribution in [0.1, 0.15) is 29.8 Å². The Balaban J connectivity index is 2.15. The largest absolute Gasteiger partial charge is 0.481 e. The van der Waals surface area contributed by atoms with Gasteiger partial charge in [0.05, 0.1) is 17.4 Å². The summed E-state index contributed by atoms with van der Waals surface area (Å²) in [5, 5.41) is 11.6. The van der Waals surface area contributed by atoms with Gasteiger partial charge in [-0.15, -0.1) is 0 Å². The van der Waals surface area contributed by atoms with Gasteiger partial charge in [0.15, 0.2) is 0 Å². The molecule has 0 aliphatic carbocycles. The highest BCUT2D eigenvalue weighted by Crippen LogP contribution is 2.30. The third-order valence-corrected chi connectivity index (χ3v) is 5.04. The first-order chi connectivity index (χ1) is 10.5. The first-order valence-corrected chi connectivity index (χ1v) is 8.99. The van der Waals surface area contributed by atoms with Crippen LogP contribution in [-0.2, 0) is 21.2 Å². The van der Waals surface area contributed by atoms with Crippen LogP contribution >= 0.6 is 0 Å². The minimum Gasteiger partial charge on any atom is -0.481 e. The van der Waals surface area contributed by atoms with E-state index in [4.69, 9.17) is 5.11 Å². The van der Waals surface area contributed by atoms with Crippen LogP contribution in [0.2, 0.25) is 0 Å². The molecule has 0 fully saturated rings. The molecule has 0 aromatic heterocycles. The van der Waals surface area contributed by atoms with Crippen molar-refractivity contribution in [2.75, 3.05) is 23.7 Å². The zero-order valence-corrected chi connectivity index (χ0v) is 14.1. The van der Waals surface area contributed by atoms with Gasteiger partial charge in [0.1, 0.15) is 0 Å². The molecule has 1 aliphatic rings. The van der Waals surface area contributed by atoms with Gasteiger partial charge in [0.25, 0.3) is 5.91 Å². The number of carboxylic acids is 1. The van der Waals surface area contributed by atoms with Crippen LogP contribution in [0, 0.1) is 5.41 Å². The number of amides is 1. The van der Waals surface area contributed by atoms with Crippen LogP contribution in [0.25, 0.3) is 0 Å². The predicted molar refractivity (Wildman–Crippen MR) is 86.1 cm³/mol. The van der Waals surface area contributed by atoms with Crippen molar-refractivity contribution in [3.8, 4) is 0 Å². The molecule has 0 bridgehead atoms. The second-order valence-corrected chi connectivity index (χ2v) is 8.21. The molecule has 7 nitrogen and oxygen atoms in total. The van der Waals surface area contributed by atoms with E-state index in [1.807, 2.05) is 0 Å². The van der Waals surface area contributed by atoms with Crippen molar-refractivity contribution < 1.29 is 23.1 Å². The Kier molecular flexibility index (Phi) is 4.39. The average molecular weight is 340 g/mol. The zero-order chi connectivity index (χ0) is 17.4. The van der Waals surface area contributed by atoms with Crippen molar-refractivity contribution >= 4 is 27.6 Å². The molecular formula is C15H20N2O5S. The summed E-state index contributed by atoms with van der Waals surface area (Å²) in [6, 6.07) is 4.82. The molecule has 2 rings (SSSR count). The van der Waals surface area contributed by atoms with Crippen LogP contribution in [0.15, 0.2) is 18.2 Å². The number of sulfonamides is 1. The van der Waals surface area contributed by atoms with Gasteiger partial charge in [-0.2, -0.15) is 0 Å². The number of fused-ring (bicyclic) bond motifs is 1. The number of carbonyl (C=O) groups is 2. The van der Waals surface area contributed by atoms with Crippen LogP contribution in [0.4, 0.5) is 5.69 Å². The highest BCUT2D eigenvalue weighted by atomic mass is 32.2. The van der Waals surface area contributed by atoms with Gasteiger partial charge in [-0.1, -0.05) is 0 Å². The quantitative estimate of drug-likeness (QED) is 0.827. The number of rotatable bonds is 5. The zero-order valence-electron chi connectivity index (χ0n) is 13.3. The van der Waals surface area contributed by atoms with E-state index in [0.29, 0.717) is 24.2 Å². The Morgan fingerprint density at radius 1 is 1.35 bits per heavy atom. The first kappa shape index (κ1) is 17.3.